The molecule has 0 atom stereocenters. The monoisotopic (exact) mass is 645 g/mol. The van der Waals surface area contributed by atoms with Crippen LogP contribution < -0.4 is 9.80 Å². The van der Waals surface area contributed by atoms with Gasteiger partial charge in [0.25, 0.3) is 0 Å². The third-order valence-electron chi connectivity index (χ3n) is 9.48. The van der Waals surface area contributed by atoms with E-state index < -0.39 is 0 Å². The lowest BCUT2D eigenvalue weighted by molar-refractivity contribution is 0.0600. The number of rotatable bonds is 5. The van der Waals surface area contributed by atoms with Crippen LogP contribution in [0.25, 0.3) is 44.1 Å². The van der Waals surface area contributed by atoms with Crippen molar-refractivity contribution < 1.29 is 9.53 Å². The van der Waals surface area contributed by atoms with Crippen LogP contribution in [0.4, 0.5) is 34.1 Å². The number of anilines is 6. The van der Waals surface area contributed by atoms with Crippen molar-refractivity contribution >= 4 is 61.8 Å². The maximum Gasteiger partial charge on any atom is 0.337 e. The zero-order valence-corrected chi connectivity index (χ0v) is 27.3. The van der Waals surface area contributed by atoms with E-state index in [9.17, 15) is 4.79 Å². The summed E-state index contributed by atoms with van der Waals surface area (Å²) in [5.74, 6) is -0.367. The first-order valence-corrected chi connectivity index (χ1v) is 16.6. The van der Waals surface area contributed by atoms with Crippen molar-refractivity contribution in [2.75, 3.05) is 16.9 Å². The molecule has 2 heterocycles. The van der Waals surface area contributed by atoms with Crippen molar-refractivity contribution in [2.45, 2.75) is 0 Å². The van der Waals surface area contributed by atoms with E-state index in [2.05, 4.69) is 149 Å². The Morgan fingerprint density at radius 2 is 1.08 bits per heavy atom. The number of carbonyl (C=O) groups excluding carboxylic acids is 1. The van der Waals surface area contributed by atoms with Crippen LogP contribution >= 0.6 is 0 Å². The predicted molar refractivity (Wildman–Crippen MR) is 204 cm³/mol. The summed E-state index contributed by atoms with van der Waals surface area (Å²) < 4.78 is 4.97. The van der Waals surface area contributed by atoms with E-state index in [4.69, 9.17) is 9.72 Å². The molecule has 0 aliphatic carbocycles. The number of hydrogen-bond donors (Lipinski definition) is 0. The SMILES string of the molecule is COC(=O)c1ccc(-c2cc(-c3cccc4ccccc34)c3cccc(N4c5ccccc5N(c5ccccc5)c5ccccc54)c3n2)cc1. The Morgan fingerprint density at radius 1 is 0.520 bits per heavy atom. The average Bonchev–Trinajstić information content (AvgIpc) is 3.19. The van der Waals surface area contributed by atoms with Gasteiger partial charge in [0, 0.05) is 16.6 Å². The zero-order chi connectivity index (χ0) is 33.6. The first-order valence-electron chi connectivity index (χ1n) is 16.6. The summed E-state index contributed by atoms with van der Waals surface area (Å²) in [7, 11) is 1.40. The molecule has 0 saturated carbocycles. The molecule has 0 spiro atoms. The van der Waals surface area contributed by atoms with Crippen LogP contribution in [0.15, 0.2) is 170 Å². The molecule has 0 N–H and O–H groups in total. The third kappa shape index (κ3) is 4.79. The molecule has 0 unspecified atom stereocenters. The quantitative estimate of drug-likeness (QED) is 0.174. The zero-order valence-electron chi connectivity index (χ0n) is 27.3. The highest BCUT2D eigenvalue weighted by atomic mass is 16.5. The molecule has 0 fully saturated rings. The molecule has 0 bridgehead atoms. The molecule has 5 heteroatoms. The van der Waals surface area contributed by atoms with Gasteiger partial charge < -0.3 is 14.5 Å². The number of benzene rings is 7. The van der Waals surface area contributed by atoms with E-state index in [0.717, 1.165) is 67.4 Å². The summed E-state index contributed by atoms with van der Waals surface area (Å²) in [5.41, 5.74) is 11.7. The fourth-order valence-corrected chi connectivity index (χ4v) is 7.20. The Morgan fingerprint density at radius 3 is 1.78 bits per heavy atom. The number of esters is 1. The fraction of sp³-hybridized carbons (Fsp3) is 0.0222. The number of hydrogen-bond acceptors (Lipinski definition) is 5. The van der Waals surface area contributed by atoms with Gasteiger partial charge in [0.2, 0.25) is 0 Å². The maximum atomic E-state index is 12.3. The minimum absolute atomic E-state index is 0.367. The molecule has 50 heavy (non-hydrogen) atoms. The van der Waals surface area contributed by atoms with Crippen LogP contribution in [0, 0.1) is 0 Å². The van der Waals surface area contributed by atoms with E-state index in [-0.39, 0.29) is 5.97 Å². The number of fused-ring (bicyclic) bond motifs is 4. The number of pyridine rings is 1. The van der Waals surface area contributed by atoms with Crippen LogP contribution in [-0.2, 0) is 4.74 Å². The minimum atomic E-state index is -0.367. The number of carbonyl (C=O) groups is 1. The second-order valence-corrected chi connectivity index (χ2v) is 12.3. The molecule has 9 rings (SSSR count). The topological polar surface area (TPSA) is 45.7 Å². The predicted octanol–water partition coefficient (Wildman–Crippen LogP) is 11.8. The smallest absolute Gasteiger partial charge is 0.337 e. The molecule has 0 amide bonds. The lowest BCUT2D eigenvalue weighted by Gasteiger charge is -2.40. The summed E-state index contributed by atoms with van der Waals surface area (Å²) in [4.78, 5) is 22.4. The maximum absolute atomic E-state index is 12.3. The Labute approximate surface area is 290 Å². The number of aromatic nitrogens is 1. The molecule has 8 aromatic rings. The Bertz CT molecular complexity index is 2510. The Hall–Kier alpha value is -6.72. The normalized spacial score (nSPS) is 12.1. The van der Waals surface area contributed by atoms with Crippen molar-refractivity contribution in [2.24, 2.45) is 0 Å². The lowest BCUT2D eigenvalue weighted by atomic mass is 9.93. The summed E-state index contributed by atoms with van der Waals surface area (Å²) in [6.07, 6.45) is 0. The van der Waals surface area contributed by atoms with Gasteiger partial charge in [0.05, 0.1) is 52.3 Å². The van der Waals surface area contributed by atoms with Crippen molar-refractivity contribution in [1.29, 1.82) is 0 Å². The highest BCUT2D eigenvalue weighted by Crippen LogP contribution is 2.55. The lowest BCUT2D eigenvalue weighted by Crippen LogP contribution is -2.24. The molecule has 0 radical (unpaired) electrons. The highest BCUT2D eigenvalue weighted by molar-refractivity contribution is 6.11. The van der Waals surface area contributed by atoms with Gasteiger partial charge in [0.15, 0.2) is 0 Å². The van der Waals surface area contributed by atoms with Crippen molar-refractivity contribution in [3.05, 3.63) is 175 Å². The fourth-order valence-electron chi connectivity index (χ4n) is 7.20. The van der Waals surface area contributed by atoms with Gasteiger partial charge in [-0.25, -0.2) is 9.78 Å². The largest absolute Gasteiger partial charge is 0.465 e. The number of nitrogens with zero attached hydrogens (tertiary/aromatic N) is 3. The first kappa shape index (κ1) is 29.4. The second-order valence-electron chi connectivity index (χ2n) is 12.3. The van der Waals surface area contributed by atoms with Crippen molar-refractivity contribution in [3.8, 4) is 22.4 Å². The first-order chi connectivity index (χ1) is 24.7. The number of ether oxygens (including phenoxy) is 1. The highest BCUT2D eigenvalue weighted by Gasteiger charge is 2.31. The van der Waals surface area contributed by atoms with Crippen LogP contribution in [0.2, 0.25) is 0 Å². The van der Waals surface area contributed by atoms with E-state index in [1.807, 2.05) is 18.2 Å². The van der Waals surface area contributed by atoms with Gasteiger partial charge in [-0.1, -0.05) is 109 Å². The molecule has 1 aliphatic heterocycles. The molecule has 5 nitrogen and oxygen atoms in total. The molecular formula is C45H31N3O2. The van der Waals surface area contributed by atoms with Crippen LogP contribution in [0.1, 0.15) is 10.4 Å². The van der Waals surface area contributed by atoms with Crippen molar-refractivity contribution in [1.82, 2.24) is 4.98 Å². The standard InChI is InChI=1S/C45H31N3O2/c1-50-45(49)32-27-25-31(26-28-32)38-29-37(35-18-11-14-30-13-5-6-17-34(30)35)36-19-12-24-43(44(36)46-38)48-41-22-9-7-20-39(41)47(33-15-3-2-4-16-33)40-21-8-10-23-42(40)48/h2-29H,1H3. The Balaban J connectivity index is 1.33. The van der Waals surface area contributed by atoms with Gasteiger partial charge in [-0.3, -0.25) is 0 Å². The van der Waals surface area contributed by atoms with Crippen LogP contribution in [-0.4, -0.2) is 18.1 Å². The summed E-state index contributed by atoms with van der Waals surface area (Å²) >= 11 is 0. The summed E-state index contributed by atoms with van der Waals surface area (Å²) in [6.45, 7) is 0. The van der Waals surface area contributed by atoms with E-state index in [1.165, 1.54) is 17.9 Å². The third-order valence-corrected chi connectivity index (χ3v) is 9.48. The Kier molecular flexibility index (Phi) is 7.10. The summed E-state index contributed by atoms with van der Waals surface area (Å²) in [5, 5.41) is 3.40. The minimum Gasteiger partial charge on any atom is -0.465 e. The van der Waals surface area contributed by atoms with Gasteiger partial charge in [-0.15, -0.1) is 0 Å². The second kappa shape index (κ2) is 12.1. The van der Waals surface area contributed by atoms with Gasteiger partial charge in [-0.05, 0) is 82.6 Å². The number of para-hydroxylation sites is 6. The molecular weight excluding hydrogens is 615 g/mol. The van der Waals surface area contributed by atoms with Crippen molar-refractivity contribution in [3.63, 3.8) is 0 Å². The van der Waals surface area contributed by atoms with Gasteiger partial charge in [0.1, 0.15) is 0 Å². The molecule has 7 aromatic carbocycles. The molecule has 1 aromatic heterocycles. The molecule has 238 valence electrons. The summed E-state index contributed by atoms with van der Waals surface area (Å²) in [6, 6.07) is 58.7. The van der Waals surface area contributed by atoms with Gasteiger partial charge >= 0.3 is 5.97 Å². The van der Waals surface area contributed by atoms with Crippen LogP contribution in [0.5, 0.6) is 0 Å². The average molecular weight is 646 g/mol. The molecule has 0 saturated heterocycles. The van der Waals surface area contributed by atoms with E-state index in [0.29, 0.717) is 5.56 Å². The van der Waals surface area contributed by atoms with Gasteiger partial charge in [-0.2, -0.15) is 0 Å². The van der Waals surface area contributed by atoms with E-state index >= 15 is 0 Å². The number of methoxy groups -OCH3 is 1. The van der Waals surface area contributed by atoms with Crippen LogP contribution in [0.3, 0.4) is 0 Å². The van der Waals surface area contributed by atoms with E-state index in [1.54, 1.807) is 12.1 Å². The molecule has 1 aliphatic rings.